The summed E-state index contributed by atoms with van der Waals surface area (Å²) in [6.07, 6.45) is 2.70. The van der Waals surface area contributed by atoms with Crippen LogP contribution in [0.5, 0.6) is 0 Å². The largest absolute Gasteiger partial charge is 0.468 e. The predicted octanol–water partition coefficient (Wildman–Crippen LogP) is 1.27. The van der Waals surface area contributed by atoms with Gasteiger partial charge in [-0.1, -0.05) is 13.8 Å². The van der Waals surface area contributed by atoms with Crippen LogP contribution < -0.4 is 11.1 Å². The van der Waals surface area contributed by atoms with E-state index in [1.54, 1.807) is 10.8 Å². The van der Waals surface area contributed by atoms with Crippen LogP contribution in [0.25, 0.3) is 0 Å². The molecule has 0 N–H and O–H groups in total. The van der Waals surface area contributed by atoms with Crippen molar-refractivity contribution in [3.05, 3.63) is 50.7 Å². The number of hydrogen-bond acceptors (Lipinski definition) is 5. The minimum absolute atomic E-state index is 0.204. The summed E-state index contributed by atoms with van der Waals surface area (Å²) >= 11 is 0. The van der Waals surface area contributed by atoms with Gasteiger partial charge in [0, 0.05) is 25.6 Å². The molecule has 0 saturated carbocycles. The molecule has 0 aromatic carbocycles. The fourth-order valence-electron chi connectivity index (χ4n) is 4.05. The number of furan rings is 1. The summed E-state index contributed by atoms with van der Waals surface area (Å²) < 4.78 is 8.44. The minimum atomic E-state index is -0.497. The number of hydrogen-bond donors (Lipinski definition) is 0. The maximum absolute atomic E-state index is 12.5. The van der Waals surface area contributed by atoms with Crippen LogP contribution in [0.3, 0.4) is 0 Å². The molecule has 1 fully saturated rings. The molecule has 4 rings (SSSR count). The van der Waals surface area contributed by atoms with Crippen LogP contribution in [0.2, 0.25) is 0 Å². The molecule has 0 bridgehead atoms. The maximum Gasteiger partial charge on any atom is 0.332 e. The Kier molecular flexibility index (Phi) is 4.11. The molecule has 0 amide bonds. The molecule has 7 heteroatoms. The molecule has 2 aromatic rings. The second kappa shape index (κ2) is 6.29. The Bertz CT molecular complexity index is 865. The van der Waals surface area contributed by atoms with Crippen molar-refractivity contribution < 1.29 is 4.42 Å². The normalized spacial score (nSPS) is 23.0. The standard InChI is InChI=1S/C18H24N4O3/c1-12(2)8-22-18(24)17(23)21-9-13-5-6-20(10-14-4-3-7-25-14)11-15(13)16(21)19-22/h3-4,7,12-13,15H,5-6,8-11H2,1-2H3/t13-,15+/m1/s1. The first-order valence-corrected chi connectivity index (χ1v) is 8.99. The summed E-state index contributed by atoms with van der Waals surface area (Å²) in [4.78, 5) is 27.1. The van der Waals surface area contributed by atoms with Gasteiger partial charge < -0.3 is 4.42 Å². The fraction of sp³-hybridized carbons (Fsp3) is 0.611. The van der Waals surface area contributed by atoms with E-state index in [2.05, 4.69) is 10.00 Å². The van der Waals surface area contributed by atoms with Crippen LogP contribution in [-0.2, 0) is 19.6 Å². The van der Waals surface area contributed by atoms with Gasteiger partial charge in [-0.05, 0) is 36.9 Å². The molecule has 2 aliphatic rings. The SMILES string of the molecule is CC(C)Cn1nc2n(c(=O)c1=O)C[C@H]1CCN(Cc3ccco3)C[C@H]21. The molecule has 134 valence electrons. The third kappa shape index (κ3) is 2.97. The summed E-state index contributed by atoms with van der Waals surface area (Å²) in [6, 6.07) is 3.89. The van der Waals surface area contributed by atoms with E-state index in [4.69, 9.17) is 4.42 Å². The number of likely N-dealkylation sites (tertiary alicyclic amines) is 1. The van der Waals surface area contributed by atoms with Crippen molar-refractivity contribution in [2.45, 2.75) is 45.8 Å². The van der Waals surface area contributed by atoms with Crippen LogP contribution >= 0.6 is 0 Å². The summed E-state index contributed by atoms with van der Waals surface area (Å²) in [5.74, 6) is 2.59. The first kappa shape index (κ1) is 16.3. The van der Waals surface area contributed by atoms with Gasteiger partial charge in [0.05, 0.1) is 12.8 Å². The van der Waals surface area contributed by atoms with Crippen molar-refractivity contribution in [1.29, 1.82) is 0 Å². The number of aromatic nitrogens is 3. The quantitative estimate of drug-likeness (QED) is 0.781. The lowest BCUT2D eigenvalue weighted by molar-refractivity contribution is 0.148. The Morgan fingerprint density at radius 2 is 2.12 bits per heavy atom. The van der Waals surface area contributed by atoms with Gasteiger partial charge in [-0.25, -0.2) is 4.68 Å². The van der Waals surface area contributed by atoms with Crippen LogP contribution in [0.4, 0.5) is 0 Å². The average molecular weight is 344 g/mol. The molecule has 25 heavy (non-hydrogen) atoms. The van der Waals surface area contributed by atoms with E-state index in [0.29, 0.717) is 19.0 Å². The van der Waals surface area contributed by atoms with E-state index in [0.717, 1.165) is 37.6 Å². The highest BCUT2D eigenvalue weighted by Crippen LogP contribution is 2.37. The van der Waals surface area contributed by atoms with E-state index >= 15 is 0 Å². The lowest BCUT2D eigenvalue weighted by Crippen LogP contribution is -2.44. The molecule has 0 radical (unpaired) electrons. The van der Waals surface area contributed by atoms with Gasteiger partial charge >= 0.3 is 11.1 Å². The van der Waals surface area contributed by atoms with E-state index in [1.165, 1.54) is 4.68 Å². The molecule has 0 spiro atoms. The van der Waals surface area contributed by atoms with Crippen LogP contribution in [0, 0.1) is 11.8 Å². The Morgan fingerprint density at radius 1 is 1.28 bits per heavy atom. The molecule has 1 saturated heterocycles. The van der Waals surface area contributed by atoms with E-state index in [1.807, 2.05) is 26.0 Å². The van der Waals surface area contributed by atoms with Gasteiger partial charge in [-0.3, -0.25) is 19.1 Å². The van der Waals surface area contributed by atoms with Crippen LogP contribution in [-0.4, -0.2) is 32.3 Å². The van der Waals surface area contributed by atoms with Crippen molar-refractivity contribution in [1.82, 2.24) is 19.2 Å². The average Bonchev–Trinajstić information content (AvgIpc) is 3.20. The number of nitrogens with zero attached hydrogens (tertiary/aromatic N) is 4. The molecule has 0 aliphatic carbocycles. The maximum atomic E-state index is 12.5. The Labute approximate surface area is 145 Å². The van der Waals surface area contributed by atoms with Gasteiger partial charge in [-0.15, -0.1) is 0 Å². The van der Waals surface area contributed by atoms with Crippen molar-refractivity contribution in [2.24, 2.45) is 11.8 Å². The molecule has 0 unspecified atom stereocenters. The molecular formula is C18H24N4O3. The zero-order valence-electron chi connectivity index (χ0n) is 14.7. The third-order valence-electron chi connectivity index (χ3n) is 5.25. The molecule has 4 heterocycles. The number of piperidine rings is 1. The van der Waals surface area contributed by atoms with Gasteiger partial charge in [0.15, 0.2) is 0 Å². The molecule has 2 aromatic heterocycles. The van der Waals surface area contributed by atoms with Crippen molar-refractivity contribution in [3.8, 4) is 0 Å². The van der Waals surface area contributed by atoms with E-state index in [-0.39, 0.29) is 11.8 Å². The minimum Gasteiger partial charge on any atom is -0.468 e. The van der Waals surface area contributed by atoms with Crippen molar-refractivity contribution in [2.75, 3.05) is 13.1 Å². The molecule has 2 atom stereocenters. The molecule has 7 nitrogen and oxygen atoms in total. The van der Waals surface area contributed by atoms with Crippen molar-refractivity contribution >= 4 is 0 Å². The Hall–Kier alpha value is -2.15. The molecular weight excluding hydrogens is 320 g/mol. The second-order valence-electron chi connectivity index (χ2n) is 7.62. The lowest BCUT2D eigenvalue weighted by Gasteiger charge is -2.33. The zero-order valence-corrected chi connectivity index (χ0v) is 14.7. The van der Waals surface area contributed by atoms with E-state index in [9.17, 15) is 9.59 Å². The fourth-order valence-corrected chi connectivity index (χ4v) is 4.05. The highest BCUT2D eigenvalue weighted by atomic mass is 16.3. The summed E-state index contributed by atoms with van der Waals surface area (Å²) in [6.45, 7) is 7.74. The topological polar surface area (TPSA) is 73.3 Å². The summed E-state index contributed by atoms with van der Waals surface area (Å²) in [5.41, 5.74) is -0.916. The predicted molar refractivity (Wildman–Crippen MR) is 92.4 cm³/mol. The van der Waals surface area contributed by atoms with Crippen molar-refractivity contribution in [3.63, 3.8) is 0 Å². The van der Waals surface area contributed by atoms with E-state index < -0.39 is 11.1 Å². The van der Waals surface area contributed by atoms with Gasteiger partial charge in [-0.2, -0.15) is 5.10 Å². The zero-order chi connectivity index (χ0) is 17.6. The first-order chi connectivity index (χ1) is 12.0. The highest BCUT2D eigenvalue weighted by molar-refractivity contribution is 5.10. The lowest BCUT2D eigenvalue weighted by atomic mass is 9.87. The number of fused-ring (bicyclic) bond motifs is 3. The van der Waals surface area contributed by atoms with Gasteiger partial charge in [0.1, 0.15) is 11.6 Å². The highest BCUT2D eigenvalue weighted by Gasteiger charge is 2.40. The Morgan fingerprint density at radius 3 is 2.84 bits per heavy atom. The molecule has 2 aliphatic heterocycles. The smallest absolute Gasteiger partial charge is 0.332 e. The second-order valence-corrected chi connectivity index (χ2v) is 7.62. The summed E-state index contributed by atoms with van der Waals surface area (Å²) in [5, 5.41) is 4.59. The third-order valence-corrected chi connectivity index (χ3v) is 5.25. The van der Waals surface area contributed by atoms with Gasteiger partial charge in [0.2, 0.25) is 0 Å². The summed E-state index contributed by atoms with van der Waals surface area (Å²) in [7, 11) is 0. The first-order valence-electron chi connectivity index (χ1n) is 8.99. The monoisotopic (exact) mass is 344 g/mol. The Balaban J connectivity index is 1.63. The van der Waals surface area contributed by atoms with Crippen LogP contribution in [0.15, 0.2) is 32.4 Å². The number of rotatable bonds is 4. The van der Waals surface area contributed by atoms with Gasteiger partial charge in [0.25, 0.3) is 0 Å². The van der Waals surface area contributed by atoms with Crippen LogP contribution in [0.1, 0.15) is 37.8 Å².